The molecule has 2 N–H and O–H groups in total. The third-order valence-corrected chi connectivity index (χ3v) is 3.72. The van der Waals surface area contributed by atoms with Crippen LogP contribution in [0.4, 0.5) is 20.6 Å². The average molecular weight is 337 g/mol. The fraction of sp³-hybridized carbons (Fsp3) is 0.529. The lowest BCUT2D eigenvalue weighted by Gasteiger charge is -2.34. The van der Waals surface area contributed by atoms with Gasteiger partial charge in [0.15, 0.2) is 0 Å². The van der Waals surface area contributed by atoms with Gasteiger partial charge in [0.25, 0.3) is 0 Å². The fourth-order valence-electron chi connectivity index (χ4n) is 2.59. The van der Waals surface area contributed by atoms with Crippen molar-refractivity contribution in [2.24, 2.45) is 0 Å². The third-order valence-electron chi connectivity index (χ3n) is 3.72. The molecule has 1 aromatic carbocycles. The Morgan fingerprint density at radius 1 is 1.33 bits per heavy atom. The number of halogens is 1. The number of nitrogens with zero attached hydrogens (tertiary/aromatic N) is 1. The second-order valence-corrected chi connectivity index (χ2v) is 6.81. The molecule has 1 saturated heterocycles. The molecule has 0 atom stereocenters. The van der Waals surface area contributed by atoms with Crippen molar-refractivity contribution in [2.45, 2.75) is 45.3 Å². The monoisotopic (exact) mass is 337 g/mol. The molecular formula is C17H24FN3O3. The zero-order chi connectivity index (χ0) is 17.7. The van der Waals surface area contributed by atoms with E-state index in [2.05, 4.69) is 10.6 Å². The van der Waals surface area contributed by atoms with Gasteiger partial charge >= 0.3 is 6.09 Å². The predicted octanol–water partition coefficient (Wildman–Crippen LogP) is 3.21. The van der Waals surface area contributed by atoms with Crippen LogP contribution in [0, 0.1) is 5.82 Å². The first kappa shape index (κ1) is 18.0. The minimum absolute atomic E-state index is 0.0211. The van der Waals surface area contributed by atoms with E-state index >= 15 is 0 Å². The number of hydrogen-bond donors (Lipinski definition) is 2. The van der Waals surface area contributed by atoms with Crippen LogP contribution in [-0.4, -0.2) is 42.1 Å². The number of nitrogens with one attached hydrogen (secondary N) is 2. The summed E-state index contributed by atoms with van der Waals surface area (Å²) >= 11 is 0. The molecule has 2 rings (SSSR count). The number of benzene rings is 1. The Bertz CT molecular complexity index is 593. The molecule has 1 fully saturated rings. The summed E-state index contributed by atoms with van der Waals surface area (Å²) in [6, 6.07) is 4.54. The van der Waals surface area contributed by atoms with Crippen LogP contribution >= 0.6 is 0 Å². The van der Waals surface area contributed by atoms with Gasteiger partial charge in [-0.1, -0.05) is 6.07 Å². The molecule has 2 amide bonds. The Morgan fingerprint density at radius 2 is 2.00 bits per heavy atom. The highest BCUT2D eigenvalue weighted by Crippen LogP contribution is 2.27. The van der Waals surface area contributed by atoms with Crippen molar-refractivity contribution < 1.29 is 18.7 Å². The standard InChI is InChI=1S/C17H24FN3O3/c1-17(2,3)24-16(23)21-9-7-12(8-10-21)20-15-13(18)5-4-6-14(15)19-11-22/h4-6,11-12,20H,7-10H2,1-3H3,(H,19,22). The Balaban J connectivity index is 1.94. The molecule has 0 spiro atoms. The summed E-state index contributed by atoms with van der Waals surface area (Å²) in [5, 5.41) is 5.63. The molecule has 0 aromatic heterocycles. The first-order valence-electron chi connectivity index (χ1n) is 8.03. The maximum Gasteiger partial charge on any atom is 0.410 e. The number of carbonyl (C=O) groups excluding carboxylic acids is 2. The number of para-hydroxylation sites is 1. The molecule has 0 radical (unpaired) electrons. The summed E-state index contributed by atoms with van der Waals surface area (Å²) in [5.74, 6) is -0.420. The van der Waals surface area contributed by atoms with E-state index in [1.807, 2.05) is 20.8 Å². The second kappa shape index (κ2) is 7.51. The first-order valence-corrected chi connectivity index (χ1v) is 8.03. The Kier molecular flexibility index (Phi) is 5.64. The Morgan fingerprint density at radius 3 is 2.58 bits per heavy atom. The van der Waals surface area contributed by atoms with Crippen LogP contribution in [0.5, 0.6) is 0 Å². The van der Waals surface area contributed by atoms with E-state index in [0.717, 1.165) is 0 Å². The summed E-state index contributed by atoms with van der Waals surface area (Å²) in [6.07, 6.45) is 1.54. The molecule has 1 aliphatic rings. The molecule has 1 heterocycles. The Hall–Kier alpha value is -2.31. The molecule has 6 nitrogen and oxygen atoms in total. The number of carbonyl (C=O) groups is 2. The SMILES string of the molecule is CC(C)(C)OC(=O)N1CCC(Nc2c(F)cccc2NC=O)CC1. The maximum atomic E-state index is 14.0. The van der Waals surface area contributed by atoms with Gasteiger partial charge in [-0.15, -0.1) is 0 Å². The van der Waals surface area contributed by atoms with Crippen molar-refractivity contribution in [1.82, 2.24) is 4.90 Å². The quantitative estimate of drug-likeness (QED) is 0.828. The molecule has 0 saturated carbocycles. The molecular weight excluding hydrogens is 313 g/mol. The van der Waals surface area contributed by atoms with Crippen molar-refractivity contribution in [1.29, 1.82) is 0 Å². The van der Waals surface area contributed by atoms with Crippen molar-refractivity contribution in [3.63, 3.8) is 0 Å². The number of anilines is 2. The third kappa shape index (κ3) is 4.84. The van der Waals surface area contributed by atoms with Crippen molar-refractivity contribution in [3.8, 4) is 0 Å². The molecule has 24 heavy (non-hydrogen) atoms. The van der Waals surface area contributed by atoms with Gasteiger partial charge in [0.1, 0.15) is 11.4 Å². The van der Waals surface area contributed by atoms with Crippen LogP contribution in [0.1, 0.15) is 33.6 Å². The highest BCUT2D eigenvalue weighted by Gasteiger charge is 2.27. The van der Waals surface area contributed by atoms with Crippen LogP contribution in [0.3, 0.4) is 0 Å². The second-order valence-electron chi connectivity index (χ2n) is 6.81. The Labute approximate surface area is 141 Å². The van der Waals surface area contributed by atoms with Crippen molar-refractivity contribution >= 4 is 23.9 Å². The van der Waals surface area contributed by atoms with Crippen LogP contribution in [0.25, 0.3) is 0 Å². The molecule has 0 unspecified atom stereocenters. The average Bonchev–Trinajstić information content (AvgIpc) is 2.50. The maximum absolute atomic E-state index is 14.0. The van der Waals surface area contributed by atoms with Gasteiger partial charge in [-0.2, -0.15) is 0 Å². The number of amides is 2. The van der Waals surface area contributed by atoms with Crippen LogP contribution in [0.15, 0.2) is 18.2 Å². The minimum Gasteiger partial charge on any atom is -0.444 e. The fourth-order valence-corrected chi connectivity index (χ4v) is 2.59. The molecule has 1 aliphatic heterocycles. The molecule has 1 aromatic rings. The zero-order valence-corrected chi connectivity index (χ0v) is 14.3. The molecule has 0 bridgehead atoms. The molecule has 0 aliphatic carbocycles. The molecule has 132 valence electrons. The van der Waals surface area contributed by atoms with Gasteiger partial charge in [-0.3, -0.25) is 4.79 Å². The van der Waals surface area contributed by atoms with Crippen molar-refractivity contribution in [3.05, 3.63) is 24.0 Å². The normalized spacial score (nSPS) is 15.8. The van der Waals surface area contributed by atoms with Gasteiger partial charge < -0.3 is 20.3 Å². The number of rotatable bonds is 4. The van der Waals surface area contributed by atoms with E-state index in [-0.39, 0.29) is 17.8 Å². The van der Waals surface area contributed by atoms with Gasteiger partial charge in [-0.05, 0) is 45.7 Å². The van der Waals surface area contributed by atoms with E-state index in [4.69, 9.17) is 4.74 Å². The largest absolute Gasteiger partial charge is 0.444 e. The number of hydrogen-bond acceptors (Lipinski definition) is 4. The summed E-state index contributed by atoms with van der Waals surface area (Å²) in [6.45, 7) is 6.58. The smallest absolute Gasteiger partial charge is 0.410 e. The van der Waals surface area contributed by atoms with Crippen LogP contribution in [-0.2, 0) is 9.53 Å². The van der Waals surface area contributed by atoms with Crippen LogP contribution < -0.4 is 10.6 Å². The van der Waals surface area contributed by atoms with Crippen molar-refractivity contribution in [2.75, 3.05) is 23.7 Å². The van der Waals surface area contributed by atoms with Gasteiger partial charge in [0.05, 0.1) is 11.4 Å². The first-order chi connectivity index (χ1) is 11.3. The van der Waals surface area contributed by atoms with Gasteiger partial charge in [0.2, 0.25) is 6.41 Å². The van der Waals surface area contributed by atoms with Gasteiger partial charge in [-0.25, -0.2) is 9.18 Å². The summed E-state index contributed by atoms with van der Waals surface area (Å²) in [4.78, 5) is 24.4. The lowest BCUT2D eigenvalue weighted by molar-refractivity contribution is -0.105. The minimum atomic E-state index is -0.519. The van der Waals surface area contributed by atoms with E-state index in [1.54, 1.807) is 11.0 Å². The lowest BCUT2D eigenvalue weighted by atomic mass is 10.0. The number of piperidine rings is 1. The predicted molar refractivity (Wildman–Crippen MR) is 90.5 cm³/mol. The highest BCUT2D eigenvalue weighted by molar-refractivity contribution is 5.81. The van der Waals surface area contributed by atoms with E-state index in [0.29, 0.717) is 38.0 Å². The van der Waals surface area contributed by atoms with E-state index < -0.39 is 11.4 Å². The number of ether oxygens (including phenoxy) is 1. The van der Waals surface area contributed by atoms with Gasteiger partial charge in [0, 0.05) is 19.1 Å². The summed E-state index contributed by atoms with van der Waals surface area (Å²) in [5.41, 5.74) is 0.161. The highest BCUT2D eigenvalue weighted by atomic mass is 19.1. The van der Waals surface area contributed by atoms with E-state index in [1.165, 1.54) is 12.1 Å². The summed E-state index contributed by atoms with van der Waals surface area (Å²) in [7, 11) is 0. The molecule has 7 heteroatoms. The number of likely N-dealkylation sites (tertiary alicyclic amines) is 1. The van der Waals surface area contributed by atoms with E-state index in [9.17, 15) is 14.0 Å². The lowest BCUT2D eigenvalue weighted by Crippen LogP contribution is -2.44. The zero-order valence-electron chi connectivity index (χ0n) is 14.3. The van der Waals surface area contributed by atoms with Crippen LogP contribution in [0.2, 0.25) is 0 Å². The topological polar surface area (TPSA) is 70.7 Å². The summed E-state index contributed by atoms with van der Waals surface area (Å²) < 4.78 is 19.4.